The standard InChI is InChI=1S/C16H24N2O/c1-3-13-8-6-7-12(2)16(13)18-15(19)11-17-14-9-4-5-10-14/h6-8,14,17H,3-5,9-11H2,1-2H3,(H,18,19). The van der Waals surface area contributed by atoms with Gasteiger partial charge in [0.25, 0.3) is 0 Å². The van der Waals surface area contributed by atoms with Crippen LogP contribution >= 0.6 is 0 Å². The van der Waals surface area contributed by atoms with Gasteiger partial charge in [0.05, 0.1) is 6.54 Å². The molecule has 0 spiro atoms. The normalized spacial score (nSPS) is 15.7. The molecule has 0 heterocycles. The monoisotopic (exact) mass is 260 g/mol. The van der Waals surface area contributed by atoms with E-state index in [1.807, 2.05) is 19.1 Å². The van der Waals surface area contributed by atoms with E-state index in [1.54, 1.807) is 0 Å². The number of nitrogens with one attached hydrogen (secondary N) is 2. The van der Waals surface area contributed by atoms with Crippen molar-refractivity contribution in [3.63, 3.8) is 0 Å². The van der Waals surface area contributed by atoms with Crippen LogP contribution in [0.15, 0.2) is 18.2 Å². The van der Waals surface area contributed by atoms with Gasteiger partial charge in [-0.25, -0.2) is 0 Å². The molecule has 0 radical (unpaired) electrons. The number of anilines is 1. The molecule has 104 valence electrons. The number of para-hydroxylation sites is 1. The Morgan fingerprint density at radius 2 is 2.05 bits per heavy atom. The fourth-order valence-electron chi connectivity index (χ4n) is 2.75. The number of rotatable bonds is 5. The Kier molecular flexibility index (Phi) is 4.97. The van der Waals surface area contributed by atoms with Gasteiger partial charge in [0, 0.05) is 11.7 Å². The second kappa shape index (κ2) is 6.71. The molecule has 2 rings (SSSR count). The molecule has 1 aromatic rings. The van der Waals surface area contributed by atoms with Crippen LogP contribution in [0.1, 0.15) is 43.7 Å². The molecule has 0 bridgehead atoms. The fraction of sp³-hybridized carbons (Fsp3) is 0.562. The maximum atomic E-state index is 12.0. The Labute approximate surface area is 115 Å². The van der Waals surface area contributed by atoms with Crippen LogP contribution < -0.4 is 10.6 Å². The quantitative estimate of drug-likeness (QED) is 0.854. The highest BCUT2D eigenvalue weighted by molar-refractivity contribution is 5.93. The minimum atomic E-state index is 0.0656. The average molecular weight is 260 g/mol. The third-order valence-corrected chi connectivity index (χ3v) is 3.91. The summed E-state index contributed by atoms with van der Waals surface area (Å²) in [6.45, 7) is 4.57. The number of amides is 1. The molecular formula is C16H24N2O. The number of carbonyl (C=O) groups is 1. The maximum Gasteiger partial charge on any atom is 0.238 e. The zero-order chi connectivity index (χ0) is 13.7. The molecule has 1 aliphatic rings. The van der Waals surface area contributed by atoms with E-state index in [4.69, 9.17) is 0 Å². The largest absolute Gasteiger partial charge is 0.324 e. The summed E-state index contributed by atoms with van der Waals surface area (Å²) in [7, 11) is 0. The van der Waals surface area contributed by atoms with E-state index in [2.05, 4.69) is 23.6 Å². The molecular weight excluding hydrogens is 236 g/mol. The van der Waals surface area contributed by atoms with Gasteiger partial charge in [-0.05, 0) is 37.3 Å². The van der Waals surface area contributed by atoms with Gasteiger partial charge in [-0.15, -0.1) is 0 Å². The highest BCUT2D eigenvalue weighted by Crippen LogP contribution is 2.21. The van der Waals surface area contributed by atoms with Crippen LogP contribution in [-0.4, -0.2) is 18.5 Å². The Bertz CT molecular complexity index is 436. The van der Waals surface area contributed by atoms with Crippen LogP contribution in [0.25, 0.3) is 0 Å². The van der Waals surface area contributed by atoms with E-state index in [9.17, 15) is 4.79 Å². The third-order valence-electron chi connectivity index (χ3n) is 3.91. The van der Waals surface area contributed by atoms with Gasteiger partial charge in [-0.1, -0.05) is 38.0 Å². The average Bonchev–Trinajstić information content (AvgIpc) is 2.92. The first-order chi connectivity index (χ1) is 9.20. The minimum Gasteiger partial charge on any atom is -0.324 e. The van der Waals surface area contributed by atoms with E-state index in [0.717, 1.165) is 17.7 Å². The molecule has 1 aromatic carbocycles. The molecule has 1 amide bonds. The van der Waals surface area contributed by atoms with Gasteiger partial charge in [0.15, 0.2) is 0 Å². The molecule has 3 nitrogen and oxygen atoms in total. The molecule has 0 unspecified atom stereocenters. The number of carbonyl (C=O) groups excluding carboxylic acids is 1. The van der Waals surface area contributed by atoms with Crippen LogP contribution in [0.4, 0.5) is 5.69 Å². The summed E-state index contributed by atoms with van der Waals surface area (Å²) in [6.07, 6.45) is 5.93. The first-order valence-electron chi connectivity index (χ1n) is 7.32. The van der Waals surface area contributed by atoms with Crippen molar-refractivity contribution >= 4 is 11.6 Å². The van der Waals surface area contributed by atoms with Crippen molar-refractivity contribution in [2.24, 2.45) is 0 Å². The Hall–Kier alpha value is -1.35. The molecule has 0 aliphatic heterocycles. The van der Waals surface area contributed by atoms with Crippen molar-refractivity contribution in [2.75, 3.05) is 11.9 Å². The van der Waals surface area contributed by atoms with Gasteiger partial charge in [0.1, 0.15) is 0 Å². The summed E-state index contributed by atoms with van der Waals surface area (Å²) in [5, 5.41) is 6.40. The van der Waals surface area contributed by atoms with Gasteiger partial charge in [-0.2, -0.15) is 0 Å². The summed E-state index contributed by atoms with van der Waals surface area (Å²) < 4.78 is 0. The number of benzene rings is 1. The smallest absolute Gasteiger partial charge is 0.238 e. The van der Waals surface area contributed by atoms with E-state index in [1.165, 1.54) is 31.2 Å². The SMILES string of the molecule is CCc1cccc(C)c1NC(=O)CNC1CCCC1. The number of hydrogen-bond acceptors (Lipinski definition) is 2. The van der Waals surface area contributed by atoms with Gasteiger partial charge < -0.3 is 10.6 Å². The summed E-state index contributed by atoms with van der Waals surface area (Å²) in [4.78, 5) is 12.0. The Morgan fingerprint density at radius 1 is 1.32 bits per heavy atom. The summed E-state index contributed by atoms with van der Waals surface area (Å²) in [5.74, 6) is 0.0656. The first kappa shape index (κ1) is 14.1. The Morgan fingerprint density at radius 3 is 2.74 bits per heavy atom. The molecule has 0 saturated heterocycles. The number of hydrogen-bond donors (Lipinski definition) is 2. The zero-order valence-corrected chi connectivity index (χ0v) is 12.0. The minimum absolute atomic E-state index is 0.0656. The Balaban J connectivity index is 1.91. The molecule has 1 fully saturated rings. The number of aryl methyl sites for hydroxylation is 2. The molecule has 1 aliphatic carbocycles. The van der Waals surface area contributed by atoms with Crippen LogP contribution in [0.3, 0.4) is 0 Å². The van der Waals surface area contributed by atoms with E-state index in [0.29, 0.717) is 12.6 Å². The van der Waals surface area contributed by atoms with Crippen molar-refractivity contribution in [3.05, 3.63) is 29.3 Å². The lowest BCUT2D eigenvalue weighted by Crippen LogP contribution is -2.34. The maximum absolute atomic E-state index is 12.0. The summed E-state index contributed by atoms with van der Waals surface area (Å²) in [6, 6.07) is 6.69. The second-order valence-electron chi connectivity index (χ2n) is 5.37. The fourth-order valence-corrected chi connectivity index (χ4v) is 2.75. The van der Waals surface area contributed by atoms with Crippen molar-refractivity contribution in [1.82, 2.24) is 5.32 Å². The zero-order valence-electron chi connectivity index (χ0n) is 12.0. The van der Waals surface area contributed by atoms with Crippen LogP contribution in [-0.2, 0) is 11.2 Å². The molecule has 19 heavy (non-hydrogen) atoms. The lowest BCUT2D eigenvalue weighted by molar-refractivity contribution is -0.115. The van der Waals surface area contributed by atoms with Crippen molar-refractivity contribution in [3.8, 4) is 0 Å². The molecule has 0 atom stereocenters. The van der Waals surface area contributed by atoms with Gasteiger partial charge in [-0.3, -0.25) is 4.79 Å². The van der Waals surface area contributed by atoms with E-state index < -0.39 is 0 Å². The third kappa shape index (κ3) is 3.80. The van der Waals surface area contributed by atoms with E-state index in [-0.39, 0.29) is 5.91 Å². The predicted molar refractivity (Wildman–Crippen MR) is 79.4 cm³/mol. The topological polar surface area (TPSA) is 41.1 Å². The summed E-state index contributed by atoms with van der Waals surface area (Å²) >= 11 is 0. The van der Waals surface area contributed by atoms with Gasteiger partial charge in [0.2, 0.25) is 5.91 Å². The first-order valence-corrected chi connectivity index (χ1v) is 7.32. The predicted octanol–water partition coefficient (Wildman–Crippen LogP) is 3.03. The molecule has 1 saturated carbocycles. The lowest BCUT2D eigenvalue weighted by atomic mass is 10.1. The highest BCUT2D eigenvalue weighted by atomic mass is 16.1. The van der Waals surface area contributed by atoms with Gasteiger partial charge >= 0.3 is 0 Å². The second-order valence-corrected chi connectivity index (χ2v) is 5.37. The van der Waals surface area contributed by atoms with Crippen molar-refractivity contribution in [1.29, 1.82) is 0 Å². The van der Waals surface area contributed by atoms with Crippen molar-refractivity contribution < 1.29 is 4.79 Å². The van der Waals surface area contributed by atoms with Crippen LogP contribution in [0.2, 0.25) is 0 Å². The summed E-state index contributed by atoms with van der Waals surface area (Å²) in [5.41, 5.74) is 3.33. The van der Waals surface area contributed by atoms with Crippen LogP contribution in [0, 0.1) is 6.92 Å². The van der Waals surface area contributed by atoms with E-state index >= 15 is 0 Å². The molecule has 3 heteroatoms. The lowest BCUT2D eigenvalue weighted by Gasteiger charge is -2.15. The highest BCUT2D eigenvalue weighted by Gasteiger charge is 2.15. The van der Waals surface area contributed by atoms with Crippen molar-refractivity contribution in [2.45, 2.75) is 52.0 Å². The molecule has 2 N–H and O–H groups in total. The molecule has 0 aromatic heterocycles. The van der Waals surface area contributed by atoms with Crippen LogP contribution in [0.5, 0.6) is 0 Å².